The summed E-state index contributed by atoms with van der Waals surface area (Å²) in [7, 11) is 0. The molecule has 5 nitrogen and oxygen atoms in total. The van der Waals surface area contributed by atoms with Crippen LogP contribution in [0.3, 0.4) is 0 Å². The highest BCUT2D eigenvalue weighted by atomic mass is 35.5. The van der Waals surface area contributed by atoms with Crippen LogP contribution in [0.2, 0.25) is 5.02 Å². The van der Waals surface area contributed by atoms with Gasteiger partial charge in [0.2, 0.25) is 0 Å². The molecule has 0 unspecified atom stereocenters. The molecule has 1 fully saturated rings. The first-order valence-corrected chi connectivity index (χ1v) is 9.09. The minimum Gasteiger partial charge on any atom is -0.335 e. The van der Waals surface area contributed by atoms with E-state index in [1.165, 1.54) is 11.0 Å². The summed E-state index contributed by atoms with van der Waals surface area (Å²) < 4.78 is 2.29. The van der Waals surface area contributed by atoms with Gasteiger partial charge in [-0.25, -0.2) is 0 Å². The van der Waals surface area contributed by atoms with E-state index in [1.807, 2.05) is 6.20 Å². The van der Waals surface area contributed by atoms with Gasteiger partial charge in [-0.15, -0.1) is 6.58 Å². The molecule has 1 aromatic heterocycles. The fourth-order valence-corrected chi connectivity index (χ4v) is 3.26. The molecule has 0 bridgehead atoms. The van der Waals surface area contributed by atoms with Crippen LogP contribution in [0.15, 0.2) is 60.8 Å². The number of halogens is 1. The number of nitrogens with zero attached hydrogens (tertiary/aromatic N) is 2. The number of nitrogens with one attached hydrogen (secondary N) is 1. The first-order chi connectivity index (χ1) is 12.9. The minimum atomic E-state index is -0.566. The SMILES string of the molecule is C=CCn1cccc(C=C2C(=O)NC(=S)N(c3ccc(Cl)cc3)C2=O)c1=S. The van der Waals surface area contributed by atoms with E-state index in [9.17, 15) is 9.59 Å². The maximum atomic E-state index is 13.0. The monoisotopic (exact) mass is 415 g/mol. The molecule has 0 radical (unpaired) electrons. The molecule has 0 atom stereocenters. The zero-order valence-electron chi connectivity index (χ0n) is 14.0. The van der Waals surface area contributed by atoms with Crippen molar-refractivity contribution >= 4 is 64.7 Å². The largest absolute Gasteiger partial charge is 0.335 e. The third-order valence-electron chi connectivity index (χ3n) is 3.86. The summed E-state index contributed by atoms with van der Waals surface area (Å²) in [5, 5.41) is 3.08. The number of carbonyl (C=O) groups excluding carboxylic acids is 2. The van der Waals surface area contributed by atoms with Gasteiger partial charge >= 0.3 is 0 Å². The summed E-state index contributed by atoms with van der Waals surface area (Å²) in [4.78, 5) is 26.6. The number of allylic oxidation sites excluding steroid dienone is 1. The van der Waals surface area contributed by atoms with Gasteiger partial charge in [0.25, 0.3) is 11.8 Å². The van der Waals surface area contributed by atoms with Crippen LogP contribution in [0.25, 0.3) is 6.08 Å². The lowest BCUT2D eigenvalue weighted by Crippen LogP contribution is -2.54. The van der Waals surface area contributed by atoms with Crippen molar-refractivity contribution in [2.45, 2.75) is 6.54 Å². The van der Waals surface area contributed by atoms with Crippen LogP contribution >= 0.6 is 36.0 Å². The lowest BCUT2D eigenvalue weighted by molar-refractivity contribution is -0.122. The average Bonchev–Trinajstić information content (AvgIpc) is 2.63. The highest BCUT2D eigenvalue weighted by molar-refractivity contribution is 7.80. The Morgan fingerprint density at radius 2 is 1.85 bits per heavy atom. The Labute approximate surface area is 171 Å². The van der Waals surface area contributed by atoms with Crippen LogP contribution in [-0.4, -0.2) is 21.5 Å². The van der Waals surface area contributed by atoms with E-state index in [0.29, 0.717) is 27.5 Å². The van der Waals surface area contributed by atoms with Gasteiger partial charge in [-0.2, -0.15) is 0 Å². The first kappa shape index (κ1) is 19.2. The van der Waals surface area contributed by atoms with Crippen LogP contribution in [-0.2, 0) is 16.1 Å². The molecule has 2 aromatic rings. The highest BCUT2D eigenvalue weighted by Crippen LogP contribution is 2.23. The van der Waals surface area contributed by atoms with E-state index < -0.39 is 11.8 Å². The highest BCUT2D eigenvalue weighted by Gasteiger charge is 2.34. The van der Waals surface area contributed by atoms with Gasteiger partial charge in [0.15, 0.2) is 5.11 Å². The van der Waals surface area contributed by atoms with Crippen molar-refractivity contribution in [2.24, 2.45) is 0 Å². The second-order valence-electron chi connectivity index (χ2n) is 5.64. The van der Waals surface area contributed by atoms with Crippen molar-refractivity contribution in [1.29, 1.82) is 0 Å². The van der Waals surface area contributed by atoms with E-state index in [1.54, 1.807) is 47.0 Å². The van der Waals surface area contributed by atoms with E-state index in [0.717, 1.165) is 0 Å². The number of pyridine rings is 1. The molecule has 136 valence electrons. The van der Waals surface area contributed by atoms with E-state index in [4.69, 9.17) is 36.0 Å². The number of rotatable bonds is 4. The maximum Gasteiger partial charge on any atom is 0.270 e. The molecular formula is C19H14ClN3O2S2. The van der Waals surface area contributed by atoms with Gasteiger partial charge in [-0.3, -0.25) is 19.8 Å². The van der Waals surface area contributed by atoms with Gasteiger partial charge in [0.1, 0.15) is 10.2 Å². The van der Waals surface area contributed by atoms with Gasteiger partial charge in [0.05, 0.1) is 5.69 Å². The Balaban J connectivity index is 2.05. The molecule has 0 aliphatic carbocycles. The normalized spacial score (nSPS) is 15.8. The van der Waals surface area contributed by atoms with Crippen molar-refractivity contribution in [3.8, 4) is 0 Å². The van der Waals surface area contributed by atoms with E-state index in [-0.39, 0.29) is 10.7 Å². The van der Waals surface area contributed by atoms with Gasteiger partial charge < -0.3 is 4.57 Å². The Hall–Kier alpha value is -2.61. The maximum absolute atomic E-state index is 13.0. The summed E-state index contributed by atoms with van der Waals surface area (Å²) in [6, 6.07) is 10.1. The van der Waals surface area contributed by atoms with Crippen molar-refractivity contribution in [3.63, 3.8) is 0 Å². The molecule has 0 spiro atoms. The molecule has 8 heteroatoms. The molecular weight excluding hydrogens is 402 g/mol. The van der Waals surface area contributed by atoms with Crippen molar-refractivity contribution in [3.05, 3.63) is 76.0 Å². The van der Waals surface area contributed by atoms with Crippen LogP contribution in [0, 0.1) is 4.64 Å². The molecule has 2 amide bonds. The number of thiocarbonyl (C=S) groups is 1. The smallest absolute Gasteiger partial charge is 0.270 e. The Morgan fingerprint density at radius 1 is 1.15 bits per heavy atom. The average molecular weight is 416 g/mol. The first-order valence-electron chi connectivity index (χ1n) is 7.89. The number of amides is 2. The predicted octanol–water partition coefficient (Wildman–Crippen LogP) is 3.89. The van der Waals surface area contributed by atoms with Gasteiger partial charge in [-0.05, 0) is 48.6 Å². The van der Waals surface area contributed by atoms with Gasteiger partial charge in [0, 0.05) is 23.3 Å². The standard InChI is InChI=1S/C19H14ClN3O2S2/c1-2-9-22-10-3-4-12(18(22)26)11-15-16(24)21-19(27)23(17(15)25)14-7-5-13(20)6-8-14/h2-8,10-11H,1,9H2,(H,21,24,27). The summed E-state index contributed by atoms with van der Waals surface area (Å²) >= 11 is 16.5. The molecule has 1 saturated heterocycles. The third-order valence-corrected chi connectivity index (χ3v) is 4.87. The van der Waals surface area contributed by atoms with Gasteiger partial charge in [-0.1, -0.05) is 36.0 Å². The molecule has 1 aromatic carbocycles. The number of aromatic nitrogens is 1. The Kier molecular flexibility index (Phi) is 5.65. The van der Waals surface area contributed by atoms with Crippen molar-refractivity contribution < 1.29 is 9.59 Å². The van der Waals surface area contributed by atoms with Crippen LogP contribution in [0.1, 0.15) is 5.56 Å². The molecule has 1 N–H and O–H groups in total. The third kappa shape index (κ3) is 3.90. The fraction of sp³-hybridized carbons (Fsp3) is 0.0526. The summed E-state index contributed by atoms with van der Waals surface area (Å²) in [6.07, 6.45) is 5.00. The topological polar surface area (TPSA) is 54.3 Å². The summed E-state index contributed by atoms with van der Waals surface area (Å²) in [5.41, 5.74) is 1.03. The number of carbonyl (C=O) groups is 2. The second kappa shape index (κ2) is 7.96. The molecule has 1 aliphatic heterocycles. The fourth-order valence-electron chi connectivity index (χ4n) is 2.59. The lowest BCUT2D eigenvalue weighted by atomic mass is 10.1. The zero-order chi connectivity index (χ0) is 19.6. The quantitative estimate of drug-likeness (QED) is 0.356. The number of hydrogen-bond donors (Lipinski definition) is 1. The molecule has 27 heavy (non-hydrogen) atoms. The second-order valence-corrected chi connectivity index (χ2v) is 6.85. The molecule has 3 rings (SSSR count). The van der Waals surface area contributed by atoms with Crippen LogP contribution < -0.4 is 10.2 Å². The van der Waals surface area contributed by atoms with E-state index in [2.05, 4.69) is 11.9 Å². The lowest BCUT2D eigenvalue weighted by Gasteiger charge is -2.29. The van der Waals surface area contributed by atoms with Crippen molar-refractivity contribution in [2.75, 3.05) is 4.90 Å². The molecule has 0 saturated carbocycles. The van der Waals surface area contributed by atoms with Crippen LogP contribution in [0.5, 0.6) is 0 Å². The zero-order valence-corrected chi connectivity index (χ0v) is 16.4. The Bertz CT molecular complexity index is 1040. The Morgan fingerprint density at radius 3 is 2.52 bits per heavy atom. The predicted molar refractivity (Wildman–Crippen MR) is 113 cm³/mol. The molecule has 2 heterocycles. The summed E-state index contributed by atoms with van der Waals surface area (Å²) in [6.45, 7) is 4.22. The summed E-state index contributed by atoms with van der Waals surface area (Å²) in [5.74, 6) is -1.09. The minimum absolute atomic E-state index is 0.0119. The van der Waals surface area contributed by atoms with Crippen LogP contribution in [0.4, 0.5) is 5.69 Å². The molecule has 1 aliphatic rings. The van der Waals surface area contributed by atoms with E-state index >= 15 is 0 Å². The number of benzene rings is 1. The number of anilines is 1. The number of hydrogen-bond acceptors (Lipinski definition) is 4. The van der Waals surface area contributed by atoms with Crippen molar-refractivity contribution in [1.82, 2.24) is 9.88 Å².